The Balaban J connectivity index is 1.60. The van der Waals surface area contributed by atoms with E-state index >= 15 is 0 Å². The summed E-state index contributed by atoms with van der Waals surface area (Å²) in [7, 11) is 1.79. The van der Waals surface area contributed by atoms with Crippen LogP contribution in [0.1, 0.15) is 24.8 Å². The summed E-state index contributed by atoms with van der Waals surface area (Å²) in [6.07, 6.45) is 7.65. The summed E-state index contributed by atoms with van der Waals surface area (Å²) >= 11 is 0. The Bertz CT molecular complexity index is 573. The Morgan fingerprint density at radius 1 is 1.30 bits per heavy atom. The van der Waals surface area contributed by atoms with Crippen molar-refractivity contribution in [3.05, 3.63) is 42.2 Å². The number of benzene rings is 1. The van der Waals surface area contributed by atoms with Crippen LogP contribution in [0.4, 0.5) is 0 Å². The van der Waals surface area contributed by atoms with E-state index in [0.29, 0.717) is 5.41 Å². The van der Waals surface area contributed by atoms with E-state index in [-0.39, 0.29) is 0 Å². The molecule has 0 spiro atoms. The largest absolute Gasteiger partial charge is 0.385 e. The molecule has 1 aromatic carbocycles. The predicted octanol–water partition coefficient (Wildman–Crippen LogP) is 3.14. The summed E-state index contributed by atoms with van der Waals surface area (Å²) in [6, 6.07) is 8.53. The summed E-state index contributed by atoms with van der Waals surface area (Å²) in [5.41, 5.74) is 1.86. The summed E-state index contributed by atoms with van der Waals surface area (Å²) in [6.45, 7) is 2.90. The van der Waals surface area contributed by atoms with Crippen LogP contribution in [0, 0.1) is 5.41 Å². The van der Waals surface area contributed by atoms with Crippen LogP contribution in [0.3, 0.4) is 0 Å². The highest BCUT2D eigenvalue weighted by molar-refractivity contribution is 5.84. The Morgan fingerprint density at radius 2 is 2.20 bits per heavy atom. The van der Waals surface area contributed by atoms with Crippen molar-refractivity contribution in [1.29, 1.82) is 0 Å². The molecule has 2 aromatic rings. The summed E-state index contributed by atoms with van der Waals surface area (Å²) in [4.78, 5) is 4.18. The Morgan fingerprint density at radius 3 is 3.00 bits per heavy atom. The molecule has 0 amide bonds. The van der Waals surface area contributed by atoms with Crippen LogP contribution < -0.4 is 5.32 Å². The standard InChI is InChI=1S/C17H22N2O/c1-20-10-8-17(6-7-17)13-19-12-15-4-2-3-14-11-18-9-5-16(14)15/h2-5,9,11,19H,6-8,10,12-13H2,1H3. The zero-order valence-corrected chi connectivity index (χ0v) is 12.1. The second-order valence-corrected chi connectivity index (χ2v) is 5.86. The minimum Gasteiger partial charge on any atom is -0.385 e. The van der Waals surface area contributed by atoms with Gasteiger partial charge in [0.05, 0.1) is 0 Å². The van der Waals surface area contributed by atoms with Gasteiger partial charge >= 0.3 is 0 Å². The average molecular weight is 270 g/mol. The summed E-state index contributed by atoms with van der Waals surface area (Å²) in [5, 5.41) is 6.15. The molecule has 1 saturated carbocycles. The third-order valence-electron chi connectivity index (χ3n) is 4.38. The number of aromatic nitrogens is 1. The average Bonchev–Trinajstić information content (AvgIpc) is 3.26. The topological polar surface area (TPSA) is 34.1 Å². The molecule has 1 N–H and O–H groups in total. The van der Waals surface area contributed by atoms with E-state index in [9.17, 15) is 0 Å². The first-order valence-electron chi connectivity index (χ1n) is 7.34. The number of nitrogens with zero attached hydrogens (tertiary/aromatic N) is 1. The van der Waals surface area contributed by atoms with Crippen molar-refractivity contribution in [2.24, 2.45) is 5.41 Å². The van der Waals surface area contributed by atoms with Gasteiger partial charge in [-0.05, 0) is 41.7 Å². The van der Waals surface area contributed by atoms with Gasteiger partial charge in [0.15, 0.2) is 0 Å². The smallest absolute Gasteiger partial charge is 0.0468 e. The fourth-order valence-corrected chi connectivity index (χ4v) is 2.82. The van der Waals surface area contributed by atoms with Gasteiger partial charge in [0.1, 0.15) is 0 Å². The van der Waals surface area contributed by atoms with Crippen molar-refractivity contribution in [2.75, 3.05) is 20.3 Å². The molecule has 3 nitrogen and oxygen atoms in total. The molecule has 3 heteroatoms. The zero-order chi connectivity index (χ0) is 13.8. The van der Waals surface area contributed by atoms with Gasteiger partial charge in [0, 0.05) is 44.6 Å². The van der Waals surface area contributed by atoms with Gasteiger partial charge < -0.3 is 10.1 Å². The number of hydrogen-bond acceptors (Lipinski definition) is 3. The third-order valence-corrected chi connectivity index (χ3v) is 4.38. The van der Waals surface area contributed by atoms with Crippen molar-refractivity contribution < 1.29 is 4.74 Å². The zero-order valence-electron chi connectivity index (χ0n) is 12.1. The molecule has 0 bridgehead atoms. The van der Waals surface area contributed by atoms with Crippen LogP contribution in [0.15, 0.2) is 36.7 Å². The fourth-order valence-electron chi connectivity index (χ4n) is 2.82. The second-order valence-electron chi connectivity index (χ2n) is 5.86. The molecule has 0 radical (unpaired) electrons. The molecule has 1 aromatic heterocycles. The van der Waals surface area contributed by atoms with Crippen LogP contribution in [-0.4, -0.2) is 25.2 Å². The first-order chi connectivity index (χ1) is 9.83. The van der Waals surface area contributed by atoms with E-state index in [2.05, 4.69) is 34.6 Å². The minimum absolute atomic E-state index is 0.502. The van der Waals surface area contributed by atoms with Crippen LogP contribution in [-0.2, 0) is 11.3 Å². The highest BCUT2D eigenvalue weighted by atomic mass is 16.5. The number of methoxy groups -OCH3 is 1. The SMILES string of the molecule is COCCC1(CNCc2cccc3cnccc23)CC1. The highest BCUT2D eigenvalue weighted by Crippen LogP contribution is 2.48. The first-order valence-corrected chi connectivity index (χ1v) is 7.34. The molecule has 0 atom stereocenters. The van der Waals surface area contributed by atoms with Crippen LogP contribution in [0.25, 0.3) is 10.8 Å². The van der Waals surface area contributed by atoms with E-state index in [1.54, 1.807) is 7.11 Å². The second kappa shape index (κ2) is 5.90. The predicted molar refractivity (Wildman–Crippen MR) is 81.6 cm³/mol. The van der Waals surface area contributed by atoms with Crippen molar-refractivity contribution in [2.45, 2.75) is 25.8 Å². The van der Waals surface area contributed by atoms with Gasteiger partial charge in [-0.1, -0.05) is 18.2 Å². The molecule has 1 aliphatic rings. The van der Waals surface area contributed by atoms with E-state index in [1.165, 1.54) is 35.6 Å². The molecule has 20 heavy (non-hydrogen) atoms. The fraction of sp³-hybridized carbons (Fsp3) is 0.471. The van der Waals surface area contributed by atoms with Gasteiger partial charge in [-0.25, -0.2) is 0 Å². The Hall–Kier alpha value is -1.45. The number of nitrogens with one attached hydrogen (secondary N) is 1. The van der Waals surface area contributed by atoms with Crippen molar-refractivity contribution in [3.8, 4) is 0 Å². The minimum atomic E-state index is 0.502. The van der Waals surface area contributed by atoms with Gasteiger partial charge in [0.2, 0.25) is 0 Å². The Labute approximate surface area is 120 Å². The van der Waals surface area contributed by atoms with Gasteiger partial charge in [-0.15, -0.1) is 0 Å². The van der Waals surface area contributed by atoms with Crippen LogP contribution >= 0.6 is 0 Å². The van der Waals surface area contributed by atoms with E-state index in [4.69, 9.17) is 4.74 Å². The summed E-state index contributed by atoms with van der Waals surface area (Å²) < 4.78 is 5.21. The lowest BCUT2D eigenvalue weighted by Crippen LogP contribution is -2.24. The van der Waals surface area contributed by atoms with Crippen molar-refractivity contribution in [3.63, 3.8) is 0 Å². The first kappa shape index (κ1) is 13.5. The molecule has 0 aliphatic heterocycles. The molecule has 1 fully saturated rings. The lowest BCUT2D eigenvalue weighted by Gasteiger charge is -2.16. The molecule has 3 rings (SSSR count). The quantitative estimate of drug-likeness (QED) is 0.839. The molecule has 1 aliphatic carbocycles. The van der Waals surface area contributed by atoms with Crippen molar-refractivity contribution in [1.82, 2.24) is 10.3 Å². The van der Waals surface area contributed by atoms with E-state index in [0.717, 1.165) is 19.7 Å². The van der Waals surface area contributed by atoms with Gasteiger partial charge in [0.25, 0.3) is 0 Å². The third kappa shape index (κ3) is 3.00. The molecule has 106 valence electrons. The molecule has 0 unspecified atom stereocenters. The normalized spacial score (nSPS) is 16.4. The Kier molecular flexibility index (Phi) is 3.99. The van der Waals surface area contributed by atoms with Crippen LogP contribution in [0.2, 0.25) is 0 Å². The summed E-state index contributed by atoms with van der Waals surface area (Å²) in [5.74, 6) is 0. The molecule has 1 heterocycles. The maximum atomic E-state index is 5.21. The number of rotatable bonds is 7. The highest BCUT2D eigenvalue weighted by Gasteiger charge is 2.41. The van der Waals surface area contributed by atoms with Crippen molar-refractivity contribution >= 4 is 10.8 Å². The van der Waals surface area contributed by atoms with Gasteiger partial charge in [-0.3, -0.25) is 4.98 Å². The van der Waals surface area contributed by atoms with E-state index in [1.807, 2.05) is 12.4 Å². The number of hydrogen-bond donors (Lipinski definition) is 1. The maximum absolute atomic E-state index is 5.21. The lowest BCUT2D eigenvalue weighted by molar-refractivity contribution is 0.171. The maximum Gasteiger partial charge on any atom is 0.0468 e. The van der Waals surface area contributed by atoms with Crippen LogP contribution in [0.5, 0.6) is 0 Å². The number of ether oxygens (including phenoxy) is 1. The monoisotopic (exact) mass is 270 g/mol. The van der Waals surface area contributed by atoms with Gasteiger partial charge in [-0.2, -0.15) is 0 Å². The molecule has 0 saturated heterocycles. The number of pyridine rings is 1. The number of fused-ring (bicyclic) bond motifs is 1. The van der Waals surface area contributed by atoms with E-state index < -0.39 is 0 Å². The molecular weight excluding hydrogens is 248 g/mol. The molecular formula is C17H22N2O. The lowest BCUT2D eigenvalue weighted by atomic mass is 10.0.